The van der Waals surface area contributed by atoms with Crippen LogP contribution < -0.4 is 5.32 Å². The van der Waals surface area contributed by atoms with Crippen molar-refractivity contribution in [2.24, 2.45) is 0 Å². The van der Waals surface area contributed by atoms with Crippen LogP contribution in [0.25, 0.3) is 0 Å². The maximum Gasteiger partial charge on any atom is 0.253 e. The first-order valence-electron chi connectivity index (χ1n) is 11.4. The number of thiazole rings is 1. The second-order valence-corrected chi connectivity index (χ2v) is 10.6. The minimum Gasteiger partial charge on any atom is -0.336 e. The Morgan fingerprint density at radius 1 is 1.03 bits per heavy atom. The van der Waals surface area contributed by atoms with Crippen molar-refractivity contribution >= 4 is 40.6 Å². The molecule has 1 aliphatic rings. The number of piperazine rings is 1. The Balaban J connectivity index is 1.23. The summed E-state index contributed by atoms with van der Waals surface area (Å²) in [5, 5.41) is 6.19. The number of amides is 2. The lowest BCUT2D eigenvalue weighted by molar-refractivity contribution is -0.117. The summed E-state index contributed by atoms with van der Waals surface area (Å²) in [4.78, 5) is 35.1. The molecule has 2 amide bonds. The van der Waals surface area contributed by atoms with Crippen molar-refractivity contribution in [1.82, 2.24) is 14.8 Å². The average Bonchev–Trinajstić information content (AvgIpc) is 3.26. The second-order valence-electron chi connectivity index (χ2n) is 8.53. The molecule has 1 saturated heterocycles. The largest absolute Gasteiger partial charge is 0.336 e. The summed E-state index contributed by atoms with van der Waals surface area (Å²) in [6, 6.07) is 13.7. The van der Waals surface area contributed by atoms with E-state index in [9.17, 15) is 9.59 Å². The Hall–Kier alpha value is -2.68. The first-order valence-corrected chi connectivity index (χ1v) is 13.3. The Morgan fingerprint density at radius 3 is 2.44 bits per heavy atom. The number of anilines is 1. The van der Waals surface area contributed by atoms with Gasteiger partial charge in [-0.15, -0.1) is 23.1 Å². The molecule has 34 heavy (non-hydrogen) atoms. The van der Waals surface area contributed by atoms with Crippen LogP contribution in [0, 0.1) is 20.8 Å². The van der Waals surface area contributed by atoms with E-state index in [-0.39, 0.29) is 11.8 Å². The van der Waals surface area contributed by atoms with E-state index in [1.807, 2.05) is 68.1 Å². The van der Waals surface area contributed by atoms with Crippen LogP contribution in [0.5, 0.6) is 0 Å². The van der Waals surface area contributed by atoms with E-state index in [1.54, 1.807) is 23.1 Å². The SMILES string of the molecule is Cc1nc(CSc2ccc(C(=O)N3CCN(CC(=O)Nc4cccc(C)c4C)CC3)cc2)cs1. The Bertz CT molecular complexity index is 1150. The number of nitrogens with one attached hydrogen (secondary N) is 1. The molecule has 0 saturated carbocycles. The van der Waals surface area contributed by atoms with Gasteiger partial charge in [-0.1, -0.05) is 12.1 Å². The van der Waals surface area contributed by atoms with E-state index in [0.29, 0.717) is 38.3 Å². The summed E-state index contributed by atoms with van der Waals surface area (Å²) in [5.74, 6) is 0.858. The topological polar surface area (TPSA) is 65.5 Å². The molecule has 0 atom stereocenters. The number of carbonyl (C=O) groups excluding carboxylic acids is 2. The quantitative estimate of drug-likeness (QED) is 0.480. The van der Waals surface area contributed by atoms with Crippen molar-refractivity contribution in [3.8, 4) is 0 Å². The molecule has 1 N–H and O–H groups in total. The van der Waals surface area contributed by atoms with Gasteiger partial charge in [0.15, 0.2) is 0 Å². The van der Waals surface area contributed by atoms with E-state index in [4.69, 9.17) is 0 Å². The van der Waals surface area contributed by atoms with Crippen LogP contribution in [0.4, 0.5) is 5.69 Å². The highest BCUT2D eigenvalue weighted by Crippen LogP contribution is 2.24. The molecule has 2 aromatic carbocycles. The molecule has 3 aromatic rings. The molecular weight excluding hydrogens is 464 g/mol. The molecule has 1 aliphatic heterocycles. The van der Waals surface area contributed by atoms with Crippen molar-refractivity contribution in [3.05, 3.63) is 75.2 Å². The van der Waals surface area contributed by atoms with Crippen LogP contribution in [0.3, 0.4) is 0 Å². The smallest absolute Gasteiger partial charge is 0.253 e. The van der Waals surface area contributed by atoms with Crippen molar-refractivity contribution in [3.63, 3.8) is 0 Å². The molecule has 4 rings (SSSR count). The van der Waals surface area contributed by atoms with Crippen molar-refractivity contribution in [2.75, 3.05) is 38.0 Å². The lowest BCUT2D eigenvalue weighted by Crippen LogP contribution is -2.50. The van der Waals surface area contributed by atoms with Gasteiger partial charge in [-0.25, -0.2) is 4.98 Å². The predicted octanol–water partition coefficient (Wildman–Crippen LogP) is 4.76. The molecule has 2 heterocycles. The normalized spacial score (nSPS) is 14.3. The predicted molar refractivity (Wildman–Crippen MR) is 140 cm³/mol. The number of rotatable bonds is 7. The lowest BCUT2D eigenvalue weighted by atomic mass is 10.1. The van der Waals surface area contributed by atoms with Gasteiger partial charge >= 0.3 is 0 Å². The fraction of sp³-hybridized carbons (Fsp3) is 0.346. The van der Waals surface area contributed by atoms with E-state index in [2.05, 4.69) is 20.6 Å². The summed E-state index contributed by atoms with van der Waals surface area (Å²) < 4.78 is 0. The highest BCUT2D eigenvalue weighted by molar-refractivity contribution is 7.98. The van der Waals surface area contributed by atoms with Crippen molar-refractivity contribution < 1.29 is 9.59 Å². The van der Waals surface area contributed by atoms with Crippen molar-refractivity contribution in [1.29, 1.82) is 0 Å². The number of carbonyl (C=O) groups is 2. The summed E-state index contributed by atoms with van der Waals surface area (Å²) >= 11 is 3.39. The fourth-order valence-corrected chi connectivity index (χ4v) is 5.41. The molecule has 0 aliphatic carbocycles. The third-order valence-corrected chi connectivity index (χ3v) is 7.93. The minimum atomic E-state index is -0.0191. The maximum atomic E-state index is 12.9. The van der Waals surface area contributed by atoms with Gasteiger partial charge < -0.3 is 10.2 Å². The van der Waals surface area contributed by atoms with Crippen LogP contribution in [-0.2, 0) is 10.5 Å². The maximum absolute atomic E-state index is 12.9. The van der Waals surface area contributed by atoms with Gasteiger partial charge in [0.2, 0.25) is 5.91 Å². The number of benzene rings is 2. The van der Waals surface area contributed by atoms with Crippen LogP contribution in [0.2, 0.25) is 0 Å². The van der Waals surface area contributed by atoms with E-state index >= 15 is 0 Å². The summed E-state index contributed by atoms with van der Waals surface area (Å²) in [6.07, 6.45) is 0. The standard InChI is InChI=1S/C26H30N4O2S2/c1-18-5-4-6-24(19(18)2)28-25(31)15-29-11-13-30(14-12-29)26(32)21-7-9-23(10-8-21)34-17-22-16-33-20(3)27-22/h4-10,16H,11-15,17H2,1-3H3,(H,28,31). The first-order chi connectivity index (χ1) is 16.4. The molecule has 0 radical (unpaired) electrons. The average molecular weight is 495 g/mol. The fourth-order valence-electron chi connectivity index (χ4n) is 3.90. The molecule has 0 bridgehead atoms. The number of hydrogen-bond acceptors (Lipinski definition) is 6. The number of thioether (sulfide) groups is 1. The lowest BCUT2D eigenvalue weighted by Gasteiger charge is -2.34. The van der Waals surface area contributed by atoms with E-state index < -0.39 is 0 Å². The van der Waals surface area contributed by atoms with Crippen LogP contribution >= 0.6 is 23.1 Å². The molecule has 8 heteroatoms. The molecule has 0 spiro atoms. The van der Waals surface area contributed by atoms with E-state index in [0.717, 1.165) is 38.2 Å². The Labute approximate surface area is 209 Å². The zero-order valence-corrected chi connectivity index (χ0v) is 21.5. The number of aryl methyl sites for hydroxylation is 2. The number of nitrogens with zero attached hydrogens (tertiary/aromatic N) is 3. The van der Waals surface area contributed by atoms with Crippen LogP contribution in [-0.4, -0.2) is 59.3 Å². The summed E-state index contributed by atoms with van der Waals surface area (Å²) in [5.41, 5.74) is 4.91. The van der Waals surface area contributed by atoms with Crippen molar-refractivity contribution in [2.45, 2.75) is 31.4 Å². The minimum absolute atomic E-state index is 0.0191. The summed E-state index contributed by atoms with van der Waals surface area (Å²) in [6.45, 7) is 9.02. The Kier molecular flexibility index (Phi) is 8.03. The summed E-state index contributed by atoms with van der Waals surface area (Å²) in [7, 11) is 0. The monoisotopic (exact) mass is 494 g/mol. The van der Waals surface area contributed by atoms with Crippen LogP contribution in [0.15, 0.2) is 52.7 Å². The number of aromatic nitrogens is 1. The highest BCUT2D eigenvalue weighted by atomic mass is 32.2. The van der Waals surface area contributed by atoms with Gasteiger partial charge in [-0.3, -0.25) is 14.5 Å². The van der Waals surface area contributed by atoms with Gasteiger partial charge in [-0.05, 0) is 62.2 Å². The number of hydrogen-bond donors (Lipinski definition) is 1. The van der Waals surface area contributed by atoms with E-state index in [1.165, 1.54) is 0 Å². The highest BCUT2D eigenvalue weighted by Gasteiger charge is 2.23. The third-order valence-electron chi connectivity index (χ3n) is 6.06. The van der Waals surface area contributed by atoms with Crippen LogP contribution in [0.1, 0.15) is 32.2 Å². The van der Waals surface area contributed by atoms with Gasteiger partial charge in [-0.2, -0.15) is 0 Å². The third kappa shape index (κ3) is 6.25. The van der Waals surface area contributed by atoms with Gasteiger partial charge in [0, 0.05) is 53.5 Å². The van der Waals surface area contributed by atoms with Gasteiger partial charge in [0.05, 0.1) is 17.2 Å². The molecular formula is C26H30N4O2S2. The molecule has 0 unspecified atom stereocenters. The van der Waals surface area contributed by atoms with Gasteiger partial charge in [0.1, 0.15) is 0 Å². The first kappa shape index (κ1) is 24.4. The molecule has 6 nitrogen and oxygen atoms in total. The Morgan fingerprint density at radius 2 is 1.76 bits per heavy atom. The zero-order chi connectivity index (χ0) is 24.1. The molecule has 178 valence electrons. The molecule has 1 fully saturated rings. The zero-order valence-electron chi connectivity index (χ0n) is 19.8. The second kappa shape index (κ2) is 11.2. The molecule has 1 aromatic heterocycles. The van der Waals surface area contributed by atoms with Gasteiger partial charge in [0.25, 0.3) is 5.91 Å².